The summed E-state index contributed by atoms with van der Waals surface area (Å²) in [6.07, 6.45) is 3.04. The maximum absolute atomic E-state index is 12.8. The Bertz CT molecular complexity index is 1000. The SMILES string of the molecule is COc1ccc(C(=O)N[C@@H](CC(=O)O)c2ccc(C)cc2)nc1-c1cccnc1. The normalized spacial score (nSPS) is 11.5. The number of benzene rings is 1. The molecule has 0 spiro atoms. The van der Waals surface area contributed by atoms with Crippen molar-refractivity contribution in [1.82, 2.24) is 15.3 Å². The van der Waals surface area contributed by atoms with E-state index in [0.717, 1.165) is 5.56 Å². The third kappa shape index (κ3) is 4.95. The highest BCUT2D eigenvalue weighted by molar-refractivity contribution is 5.93. The molecule has 0 unspecified atom stereocenters. The number of carboxylic acid groups (broad SMARTS) is 1. The van der Waals surface area contributed by atoms with Crippen LogP contribution in [0.25, 0.3) is 11.3 Å². The number of carboxylic acids is 1. The summed E-state index contributed by atoms with van der Waals surface area (Å²) in [5.74, 6) is -0.964. The lowest BCUT2D eigenvalue weighted by atomic mass is 10.0. The van der Waals surface area contributed by atoms with E-state index >= 15 is 0 Å². The molecule has 29 heavy (non-hydrogen) atoms. The van der Waals surface area contributed by atoms with E-state index in [9.17, 15) is 14.7 Å². The third-order valence-electron chi connectivity index (χ3n) is 4.41. The van der Waals surface area contributed by atoms with Gasteiger partial charge in [0.1, 0.15) is 17.1 Å². The molecule has 3 rings (SSSR count). The Morgan fingerprint density at radius 3 is 2.52 bits per heavy atom. The van der Waals surface area contributed by atoms with Crippen molar-refractivity contribution < 1.29 is 19.4 Å². The molecule has 0 bridgehead atoms. The van der Waals surface area contributed by atoms with Gasteiger partial charge in [-0.1, -0.05) is 29.8 Å². The number of methoxy groups -OCH3 is 1. The van der Waals surface area contributed by atoms with E-state index in [-0.39, 0.29) is 12.1 Å². The molecule has 1 atom stereocenters. The zero-order valence-corrected chi connectivity index (χ0v) is 16.1. The number of aliphatic carboxylic acids is 1. The van der Waals surface area contributed by atoms with E-state index in [4.69, 9.17) is 4.74 Å². The van der Waals surface area contributed by atoms with Crippen molar-refractivity contribution in [3.8, 4) is 17.0 Å². The Morgan fingerprint density at radius 2 is 1.90 bits per heavy atom. The zero-order chi connectivity index (χ0) is 20.8. The van der Waals surface area contributed by atoms with Gasteiger partial charge in [0, 0.05) is 18.0 Å². The Morgan fingerprint density at radius 1 is 1.14 bits per heavy atom. The van der Waals surface area contributed by atoms with Crippen molar-refractivity contribution in [3.63, 3.8) is 0 Å². The van der Waals surface area contributed by atoms with Crippen LogP contribution in [0.15, 0.2) is 60.9 Å². The van der Waals surface area contributed by atoms with Crippen LogP contribution in [-0.4, -0.2) is 34.1 Å². The lowest BCUT2D eigenvalue weighted by Gasteiger charge is -2.18. The second-order valence-electron chi connectivity index (χ2n) is 6.52. The van der Waals surface area contributed by atoms with Crippen LogP contribution in [0.2, 0.25) is 0 Å². The van der Waals surface area contributed by atoms with Gasteiger partial charge in [-0.05, 0) is 36.8 Å². The second-order valence-corrected chi connectivity index (χ2v) is 6.52. The van der Waals surface area contributed by atoms with E-state index in [1.54, 1.807) is 30.6 Å². The molecule has 2 aromatic heterocycles. The molecule has 0 aliphatic rings. The lowest BCUT2D eigenvalue weighted by Crippen LogP contribution is -2.30. The average molecular weight is 391 g/mol. The van der Waals surface area contributed by atoms with Gasteiger partial charge in [-0.15, -0.1) is 0 Å². The van der Waals surface area contributed by atoms with Crippen LogP contribution in [0.1, 0.15) is 34.1 Å². The number of amides is 1. The predicted molar refractivity (Wildman–Crippen MR) is 108 cm³/mol. The van der Waals surface area contributed by atoms with E-state index in [1.807, 2.05) is 37.3 Å². The molecule has 3 aromatic rings. The summed E-state index contributed by atoms with van der Waals surface area (Å²) >= 11 is 0. The van der Waals surface area contributed by atoms with Crippen LogP contribution in [0, 0.1) is 6.92 Å². The van der Waals surface area contributed by atoms with Gasteiger partial charge >= 0.3 is 5.97 Å². The van der Waals surface area contributed by atoms with Crippen molar-refractivity contribution in [1.29, 1.82) is 0 Å². The lowest BCUT2D eigenvalue weighted by molar-refractivity contribution is -0.137. The summed E-state index contributed by atoms with van der Waals surface area (Å²) < 4.78 is 5.35. The number of carbonyl (C=O) groups excluding carboxylic acids is 1. The first-order valence-corrected chi connectivity index (χ1v) is 9.02. The Hall–Kier alpha value is -3.74. The van der Waals surface area contributed by atoms with Gasteiger partial charge in [-0.2, -0.15) is 0 Å². The largest absolute Gasteiger partial charge is 0.494 e. The van der Waals surface area contributed by atoms with Crippen LogP contribution in [0.5, 0.6) is 5.75 Å². The minimum absolute atomic E-state index is 0.159. The molecule has 1 amide bonds. The monoisotopic (exact) mass is 391 g/mol. The molecule has 0 saturated heterocycles. The van der Waals surface area contributed by atoms with Gasteiger partial charge in [0.25, 0.3) is 5.91 Å². The van der Waals surface area contributed by atoms with Crippen LogP contribution in [0.4, 0.5) is 0 Å². The Labute approximate surface area is 168 Å². The molecule has 0 radical (unpaired) electrons. The molecule has 7 nitrogen and oxygen atoms in total. The molecular formula is C22H21N3O4. The van der Waals surface area contributed by atoms with E-state index in [2.05, 4.69) is 15.3 Å². The fourth-order valence-corrected chi connectivity index (χ4v) is 2.90. The number of pyridine rings is 2. The number of hydrogen-bond donors (Lipinski definition) is 2. The summed E-state index contributed by atoms with van der Waals surface area (Å²) in [4.78, 5) is 32.6. The molecule has 0 fully saturated rings. The summed E-state index contributed by atoms with van der Waals surface area (Å²) in [7, 11) is 1.52. The molecule has 7 heteroatoms. The molecule has 2 N–H and O–H groups in total. The van der Waals surface area contributed by atoms with E-state index in [0.29, 0.717) is 22.6 Å². The first-order chi connectivity index (χ1) is 14.0. The van der Waals surface area contributed by atoms with Gasteiger partial charge < -0.3 is 15.2 Å². The summed E-state index contributed by atoms with van der Waals surface area (Å²) in [6.45, 7) is 1.94. The maximum Gasteiger partial charge on any atom is 0.305 e. The summed E-state index contributed by atoms with van der Waals surface area (Å²) in [6, 6.07) is 13.5. The third-order valence-corrected chi connectivity index (χ3v) is 4.41. The highest BCUT2D eigenvalue weighted by atomic mass is 16.5. The summed E-state index contributed by atoms with van der Waals surface area (Å²) in [5.41, 5.74) is 3.12. The van der Waals surface area contributed by atoms with Gasteiger partial charge in [-0.25, -0.2) is 4.98 Å². The Balaban J connectivity index is 1.90. The molecule has 0 aliphatic heterocycles. The number of aryl methyl sites for hydroxylation is 1. The highest BCUT2D eigenvalue weighted by Crippen LogP contribution is 2.27. The van der Waals surface area contributed by atoms with Crippen molar-refractivity contribution in [3.05, 3.63) is 77.7 Å². The Kier molecular flexibility index (Phi) is 6.19. The van der Waals surface area contributed by atoms with Gasteiger partial charge in [-0.3, -0.25) is 14.6 Å². The summed E-state index contributed by atoms with van der Waals surface area (Å²) in [5, 5.41) is 12.0. The maximum atomic E-state index is 12.8. The van der Waals surface area contributed by atoms with Crippen LogP contribution in [0.3, 0.4) is 0 Å². The first kappa shape index (κ1) is 20.0. The van der Waals surface area contributed by atoms with Gasteiger partial charge in [0.05, 0.1) is 19.6 Å². The molecule has 0 saturated carbocycles. The zero-order valence-electron chi connectivity index (χ0n) is 16.1. The minimum atomic E-state index is -1.00. The van der Waals surface area contributed by atoms with Crippen LogP contribution >= 0.6 is 0 Å². The topological polar surface area (TPSA) is 101 Å². The molecular weight excluding hydrogens is 370 g/mol. The number of ether oxygens (including phenoxy) is 1. The van der Waals surface area contributed by atoms with Crippen molar-refractivity contribution in [2.75, 3.05) is 7.11 Å². The fourth-order valence-electron chi connectivity index (χ4n) is 2.90. The molecule has 2 heterocycles. The minimum Gasteiger partial charge on any atom is -0.494 e. The van der Waals surface area contributed by atoms with Gasteiger partial charge in [0.15, 0.2) is 0 Å². The second kappa shape index (κ2) is 8.97. The molecule has 1 aromatic carbocycles. The smallest absolute Gasteiger partial charge is 0.305 e. The van der Waals surface area contributed by atoms with E-state index in [1.165, 1.54) is 7.11 Å². The quantitative estimate of drug-likeness (QED) is 0.640. The number of nitrogens with one attached hydrogen (secondary N) is 1. The first-order valence-electron chi connectivity index (χ1n) is 9.02. The van der Waals surface area contributed by atoms with Crippen molar-refractivity contribution in [2.45, 2.75) is 19.4 Å². The van der Waals surface area contributed by atoms with Crippen LogP contribution in [-0.2, 0) is 4.79 Å². The molecule has 148 valence electrons. The number of carbonyl (C=O) groups is 2. The number of aromatic nitrogens is 2. The standard InChI is InChI=1S/C22H21N3O4/c1-14-5-7-15(8-6-14)18(12-20(26)27)25-22(28)17-9-10-19(29-2)21(24-17)16-4-3-11-23-13-16/h3-11,13,18H,12H2,1-2H3,(H,25,28)(H,26,27)/t18-/m0/s1. The molecule has 0 aliphatic carbocycles. The highest BCUT2D eigenvalue weighted by Gasteiger charge is 2.21. The van der Waals surface area contributed by atoms with Crippen LogP contribution < -0.4 is 10.1 Å². The van der Waals surface area contributed by atoms with E-state index < -0.39 is 17.9 Å². The fraction of sp³-hybridized carbons (Fsp3) is 0.182. The predicted octanol–water partition coefficient (Wildman–Crippen LogP) is 3.41. The number of hydrogen-bond acceptors (Lipinski definition) is 5. The van der Waals surface area contributed by atoms with Crippen molar-refractivity contribution >= 4 is 11.9 Å². The number of rotatable bonds is 7. The number of nitrogens with zero attached hydrogens (tertiary/aromatic N) is 2. The van der Waals surface area contributed by atoms with Gasteiger partial charge in [0.2, 0.25) is 0 Å². The average Bonchev–Trinajstić information content (AvgIpc) is 2.73. The van der Waals surface area contributed by atoms with Crippen molar-refractivity contribution in [2.24, 2.45) is 0 Å².